The first kappa shape index (κ1) is 13.3. The molecule has 1 heterocycles. The zero-order valence-electron chi connectivity index (χ0n) is 10.5. The first-order valence-electron chi connectivity index (χ1n) is 6.21. The van der Waals surface area contributed by atoms with E-state index in [-0.39, 0.29) is 0 Å². The van der Waals surface area contributed by atoms with Crippen LogP contribution in [0.3, 0.4) is 0 Å². The average molecular weight is 316 g/mol. The summed E-state index contributed by atoms with van der Waals surface area (Å²) in [5.41, 5.74) is 3.90. The zero-order chi connectivity index (χ0) is 13.6. The molecule has 0 spiro atoms. The lowest BCUT2D eigenvalue weighted by Crippen LogP contribution is -1.97. The Kier molecular flexibility index (Phi) is 3.50. The normalized spacial score (nSPS) is 14.9. The smallest absolute Gasteiger partial charge is 0.137 e. The number of aromatic nitrogens is 2. The van der Waals surface area contributed by atoms with Crippen molar-refractivity contribution in [3.63, 3.8) is 0 Å². The summed E-state index contributed by atoms with van der Waals surface area (Å²) in [4.78, 5) is 0. The van der Waals surface area contributed by atoms with E-state index in [1.807, 2.05) is 25.1 Å². The van der Waals surface area contributed by atoms with Crippen molar-refractivity contribution in [3.8, 4) is 5.69 Å². The van der Waals surface area contributed by atoms with Gasteiger partial charge < -0.3 is 0 Å². The lowest BCUT2D eigenvalue weighted by atomic mass is 10.2. The molecule has 0 amide bonds. The molecule has 3 rings (SSSR count). The molecule has 0 bridgehead atoms. The molecule has 1 aliphatic carbocycles. The highest BCUT2D eigenvalue weighted by molar-refractivity contribution is 6.32. The van der Waals surface area contributed by atoms with Crippen molar-refractivity contribution in [2.45, 2.75) is 31.6 Å². The van der Waals surface area contributed by atoms with Crippen molar-refractivity contribution >= 4 is 34.8 Å². The third kappa shape index (κ3) is 2.37. The second-order valence-corrected chi connectivity index (χ2v) is 5.94. The maximum atomic E-state index is 6.40. The van der Waals surface area contributed by atoms with E-state index in [1.165, 1.54) is 12.8 Å². The second kappa shape index (κ2) is 5.01. The van der Waals surface area contributed by atoms with Crippen LogP contribution in [0.4, 0.5) is 0 Å². The Balaban J connectivity index is 2.11. The van der Waals surface area contributed by atoms with Crippen molar-refractivity contribution < 1.29 is 0 Å². The van der Waals surface area contributed by atoms with E-state index in [1.54, 1.807) is 4.68 Å². The van der Waals surface area contributed by atoms with Gasteiger partial charge in [0, 0.05) is 16.5 Å². The summed E-state index contributed by atoms with van der Waals surface area (Å²) in [5.74, 6) is 0.915. The number of rotatable bonds is 3. The molecule has 1 aromatic carbocycles. The highest BCUT2D eigenvalue weighted by atomic mass is 35.5. The molecule has 1 fully saturated rings. The van der Waals surface area contributed by atoms with Gasteiger partial charge in [0.05, 0.1) is 17.3 Å². The number of benzene rings is 1. The number of halogens is 3. The fourth-order valence-corrected chi connectivity index (χ4v) is 2.94. The van der Waals surface area contributed by atoms with Gasteiger partial charge in [-0.05, 0) is 37.5 Å². The molecule has 19 heavy (non-hydrogen) atoms. The van der Waals surface area contributed by atoms with Crippen LogP contribution < -0.4 is 0 Å². The lowest BCUT2D eigenvalue weighted by molar-refractivity contribution is 0.837. The zero-order valence-corrected chi connectivity index (χ0v) is 12.7. The lowest BCUT2D eigenvalue weighted by Gasteiger charge is -2.05. The maximum Gasteiger partial charge on any atom is 0.137 e. The van der Waals surface area contributed by atoms with E-state index >= 15 is 0 Å². The summed E-state index contributed by atoms with van der Waals surface area (Å²) in [5, 5.41) is 5.93. The van der Waals surface area contributed by atoms with Gasteiger partial charge in [-0.15, -0.1) is 11.6 Å². The molecule has 5 heteroatoms. The first-order chi connectivity index (χ1) is 9.11. The summed E-state index contributed by atoms with van der Waals surface area (Å²) >= 11 is 18.6. The molecule has 2 aromatic rings. The summed E-state index contributed by atoms with van der Waals surface area (Å²) in [7, 11) is 0. The minimum atomic E-state index is 0.393. The molecular weight excluding hydrogens is 303 g/mol. The summed E-state index contributed by atoms with van der Waals surface area (Å²) in [6.45, 7) is 1.97. The van der Waals surface area contributed by atoms with Crippen LogP contribution in [0.25, 0.3) is 5.69 Å². The molecule has 0 aliphatic heterocycles. The van der Waals surface area contributed by atoms with Crippen molar-refractivity contribution in [1.29, 1.82) is 0 Å². The molecule has 1 aromatic heterocycles. The van der Waals surface area contributed by atoms with Crippen LogP contribution in [-0.2, 0) is 5.88 Å². The Labute approximate surface area is 127 Å². The Morgan fingerprint density at radius 3 is 2.63 bits per heavy atom. The van der Waals surface area contributed by atoms with Crippen LogP contribution in [0.1, 0.15) is 35.6 Å². The van der Waals surface area contributed by atoms with Crippen LogP contribution in [0.15, 0.2) is 18.2 Å². The fourth-order valence-electron chi connectivity index (χ4n) is 2.14. The number of alkyl halides is 1. The molecule has 0 radical (unpaired) electrons. The standard InChI is InChI=1S/C14H13Cl3N2/c1-8-2-5-10(6-12(8)16)19-14(17)11(7-15)13(18-19)9-3-4-9/h2,5-6,9H,3-4,7H2,1H3. The quantitative estimate of drug-likeness (QED) is 0.720. The van der Waals surface area contributed by atoms with Gasteiger partial charge in [-0.3, -0.25) is 0 Å². The van der Waals surface area contributed by atoms with Gasteiger partial charge in [-0.1, -0.05) is 29.3 Å². The largest absolute Gasteiger partial charge is 0.222 e. The molecule has 1 saturated carbocycles. The van der Waals surface area contributed by atoms with Gasteiger partial charge in [0.2, 0.25) is 0 Å². The SMILES string of the molecule is Cc1ccc(-n2nc(C3CC3)c(CCl)c2Cl)cc1Cl. The average Bonchev–Trinajstić information content (AvgIpc) is 3.17. The predicted octanol–water partition coefficient (Wildman–Crippen LogP) is 5.10. The highest BCUT2D eigenvalue weighted by Gasteiger charge is 2.31. The number of hydrogen-bond donors (Lipinski definition) is 0. The third-order valence-corrected chi connectivity index (χ3v) is 4.51. The van der Waals surface area contributed by atoms with E-state index in [9.17, 15) is 0 Å². The van der Waals surface area contributed by atoms with Gasteiger partial charge in [0.15, 0.2) is 0 Å². The second-order valence-electron chi connectivity index (χ2n) is 4.91. The van der Waals surface area contributed by atoms with E-state index in [4.69, 9.17) is 34.8 Å². The molecule has 0 saturated heterocycles. The Morgan fingerprint density at radius 1 is 1.32 bits per heavy atom. The minimum Gasteiger partial charge on any atom is -0.222 e. The van der Waals surface area contributed by atoms with Gasteiger partial charge in [-0.2, -0.15) is 5.10 Å². The Hall–Kier alpha value is -0.700. The molecule has 0 atom stereocenters. The Morgan fingerprint density at radius 2 is 2.05 bits per heavy atom. The van der Waals surface area contributed by atoms with Gasteiger partial charge in [-0.25, -0.2) is 4.68 Å². The van der Waals surface area contributed by atoms with Crippen LogP contribution >= 0.6 is 34.8 Å². The van der Waals surface area contributed by atoms with Crippen molar-refractivity contribution in [2.75, 3.05) is 0 Å². The van der Waals surface area contributed by atoms with E-state index < -0.39 is 0 Å². The topological polar surface area (TPSA) is 17.8 Å². The fraction of sp³-hybridized carbons (Fsp3) is 0.357. The third-order valence-electron chi connectivity index (χ3n) is 3.45. The first-order valence-corrected chi connectivity index (χ1v) is 7.50. The monoisotopic (exact) mass is 314 g/mol. The molecule has 100 valence electrons. The molecule has 2 nitrogen and oxygen atoms in total. The number of hydrogen-bond acceptors (Lipinski definition) is 1. The van der Waals surface area contributed by atoms with Gasteiger partial charge in [0.25, 0.3) is 0 Å². The van der Waals surface area contributed by atoms with Crippen LogP contribution in [0.2, 0.25) is 10.2 Å². The van der Waals surface area contributed by atoms with E-state index in [0.29, 0.717) is 22.0 Å². The maximum absolute atomic E-state index is 6.40. The number of aryl methyl sites for hydroxylation is 1. The molecule has 0 N–H and O–H groups in total. The molecule has 1 aliphatic rings. The van der Waals surface area contributed by atoms with Gasteiger partial charge in [0.1, 0.15) is 5.15 Å². The van der Waals surface area contributed by atoms with Crippen LogP contribution in [-0.4, -0.2) is 9.78 Å². The summed E-state index contributed by atoms with van der Waals surface area (Å²) < 4.78 is 1.73. The predicted molar refractivity (Wildman–Crippen MR) is 79.9 cm³/mol. The van der Waals surface area contributed by atoms with Crippen molar-refractivity contribution in [3.05, 3.63) is 45.2 Å². The molecular formula is C14H13Cl3N2. The molecule has 0 unspecified atom stereocenters. The summed E-state index contributed by atoms with van der Waals surface area (Å²) in [6, 6.07) is 5.81. The highest BCUT2D eigenvalue weighted by Crippen LogP contribution is 2.43. The number of nitrogens with zero attached hydrogens (tertiary/aromatic N) is 2. The summed E-state index contributed by atoms with van der Waals surface area (Å²) in [6.07, 6.45) is 2.35. The van der Waals surface area contributed by atoms with Crippen LogP contribution in [0.5, 0.6) is 0 Å². The van der Waals surface area contributed by atoms with Crippen molar-refractivity contribution in [2.24, 2.45) is 0 Å². The van der Waals surface area contributed by atoms with Crippen molar-refractivity contribution in [1.82, 2.24) is 9.78 Å². The minimum absolute atomic E-state index is 0.393. The van der Waals surface area contributed by atoms with E-state index in [0.717, 1.165) is 22.5 Å². The van der Waals surface area contributed by atoms with Crippen LogP contribution in [0, 0.1) is 6.92 Å². The van der Waals surface area contributed by atoms with Gasteiger partial charge >= 0.3 is 0 Å². The van der Waals surface area contributed by atoms with E-state index in [2.05, 4.69) is 5.10 Å². The Bertz CT molecular complexity index is 630.